The lowest BCUT2D eigenvalue weighted by molar-refractivity contribution is -0.870. The number of carbonyl (C=O) groups is 2. The number of phosphoric ester groups is 1. The maximum absolute atomic E-state index is 13.7. The molecule has 10 heteroatoms. The van der Waals surface area contributed by atoms with Gasteiger partial charge in [0.25, 0.3) is 0 Å². The molecule has 0 aliphatic heterocycles. The lowest BCUT2D eigenvalue weighted by atomic mass is 9.82. The second-order valence-electron chi connectivity index (χ2n) is 13.5. The third-order valence-electron chi connectivity index (χ3n) is 8.08. The van der Waals surface area contributed by atoms with Gasteiger partial charge in [-0.15, -0.1) is 0 Å². The van der Waals surface area contributed by atoms with Gasteiger partial charge in [0, 0.05) is 12.8 Å². The number of rotatable bonds is 32. The monoisotopic (exact) mass is 674 g/mol. The third-order valence-corrected chi connectivity index (χ3v) is 9.11. The summed E-state index contributed by atoms with van der Waals surface area (Å²) in [5.74, 6) is -1.59. The Morgan fingerprint density at radius 2 is 1.11 bits per heavy atom. The number of hydrogen-bond acceptors (Lipinski definition) is 7. The Labute approximate surface area is 281 Å². The topological polar surface area (TPSA) is 130 Å². The normalized spacial score (nSPS) is 14.7. The molecule has 0 bridgehead atoms. The van der Waals surface area contributed by atoms with Crippen LogP contribution in [0.4, 0.5) is 0 Å². The number of likely N-dealkylation sites (N-methyl/N-ethyl adjacent to an activating group) is 1. The molecule has 0 amide bonds. The number of allylic oxidation sites excluding steroid dienone is 4. The van der Waals surface area contributed by atoms with Crippen molar-refractivity contribution in [3.63, 3.8) is 0 Å². The van der Waals surface area contributed by atoms with E-state index in [9.17, 15) is 29.3 Å². The highest BCUT2D eigenvalue weighted by Crippen LogP contribution is 2.49. The van der Waals surface area contributed by atoms with E-state index in [0.717, 1.165) is 77.0 Å². The van der Waals surface area contributed by atoms with Gasteiger partial charge in [-0.3, -0.25) is 18.6 Å². The van der Waals surface area contributed by atoms with Gasteiger partial charge in [-0.1, -0.05) is 102 Å². The van der Waals surface area contributed by atoms with Crippen molar-refractivity contribution in [1.29, 1.82) is 0 Å². The van der Waals surface area contributed by atoms with Gasteiger partial charge in [0.2, 0.25) is 5.60 Å². The van der Waals surface area contributed by atoms with E-state index in [1.165, 1.54) is 25.7 Å². The molecule has 0 aromatic rings. The largest absolute Gasteiger partial charge is 0.473 e. The predicted octanol–water partition coefficient (Wildman–Crippen LogP) is 8.01. The Morgan fingerprint density at radius 3 is 1.50 bits per heavy atom. The molecule has 0 aromatic heterocycles. The van der Waals surface area contributed by atoms with E-state index in [0.29, 0.717) is 23.9 Å². The molecule has 0 aromatic carbocycles. The summed E-state index contributed by atoms with van der Waals surface area (Å²) < 4.78 is 24.0. The SMILES string of the molecule is CCCC/C=C\CCCCCCCC(=O)C(OP(=O)(O)OCC[N+](C)(C)C)(C(=O)CCCCCCC/C=C\CCCC)[C@@H](O)CO. The number of phosphoric acid groups is 1. The molecule has 0 spiro atoms. The average Bonchev–Trinajstić information content (AvgIpc) is 2.99. The van der Waals surface area contributed by atoms with E-state index in [2.05, 4.69) is 38.2 Å². The number of nitrogens with zero attached hydrogens (tertiary/aromatic N) is 1. The molecule has 0 saturated carbocycles. The van der Waals surface area contributed by atoms with Crippen molar-refractivity contribution in [1.82, 2.24) is 0 Å². The van der Waals surface area contributed by atoms with Crippen LogP contribution >= 0.6 is 7.82 Å². The van der Waals surface area contributed by atoms with Crippen molar-refractivity contribution in [2.75, 3.05) is 40.9 Å². The van der Waals surface area contributed by atoms with Crippen molar-refractivity contribution >= 4 is 19.4 Å². The van der Waals surface area contributed by atoms with Crippen LogP contribution in [0.15, 0.2) is 24.3 Å². The Balaban J connectivity index is 5.31. The predicted molar refractivity (Wildman–Crippen MR) is 188 cm³/mol. The summed E-state index contributed by atoms with van der Waals surface area (Å²) in [5.41, 5.74) is -2.66. The van der Waals surface area contributed by atoms with Gasteiger partial charge in [-0.2, -0.15) is 0 Å². The van der Waals surface area contributed by atoms with Crippen LogP contribution in [0.25, 0.3) is 0 Å². The summed E-state index contributed by atoms with van der Waals surface area (Å²) in [6.07, 6.45) is 24.0. The molecule has 0 heterocycles. The van der Waals surface area contributed by atoms with Crippen molar-refractivity contribution in [2.45, 2.75) is 154 Å². The van der Waals surface area contributed by atoms with Crippen LogP contribution in [0.5, 0.6) is 0 Å². The smallest absolute Gasteiger partial charge is 0.394 e. The molecule has 46 heavy (non-hydrogen) atoms. The quantitative estimate of drug-likeness (QED) is 0.0215. The summed E-state index contributed by atoms with van der Waals surface area (Å²) in [4.78, 5) is 37.9. The van der Waals surface area contributed by atoms with E-state index >= 15 is 0 Å². The van der Waals surface area contributed by atoms with E-state index in [1.807, 2.05) is 21.1 Å². The molecule has 0 radical (unpaired) electrons. The molecular formula is C36H69NO8P+. The van der Waals surface area contributed by atoms with Crippen molar-refractivity contribution < 1.29 is 42.8 Å². The van der Waals surface area contributed by atoms with Gasteiger partial charge in [0.05, 0.1) is 27.7 Å². The molecule has 1 unspecified atom stereocenters. The molecule has 9 nitrogen and oxygen atoms in total. The van der Waals surface area contributed by atoms with Gasteiger partial charge in [-0.05, 0) is 51.4 Å². The molecule has 0 aliphatic rings. The molecule has 270 valence electrons. The fourth-order valence-electron chi connectivity index (χ4n) is 5.10. The Bertz CT molecular complexity index is 855. The first-order chi connectivity index (χ1) is 21.9. The van der Waals surface area contributed by atoms with Gasteiger partial charge < -0.3 is 19.6 Å². The molecule has 2 atom stereocenters. The summed E-state index contributed by atoms with van der Waals surface area (Å²) in [7, 11) is 0.702. The van der Waals surface area contributed by atoms with Gasteiger partial charge >= 0.3 is 7.82 Å². The van der Waals surface area contributed by atoms with Crippen LogP contribution < -0.4 is 0 Å². The van der Waals surface area contributed by atoms with E-state index in [1.54, 1.807) is 0 Å². The number of quaternary nitrogens is 1. The van der Waals surface area contributed by atoms with Crippen LogP contribution in [-0.2, 0) is 23.2 Å². The molecular weight excluding hydrogens is 605 g/mol. The fraction of sp³-hybridized carbons (Fsp3) is 0.833. The minimum atomic E-state index is -4.95. The zero-order valence-electron chi connectivity index (χ0n) is 29.9. The van der Waals surface area contributed by atoms with Crippen LogP contribution in [0.3, 0.4) is 0 Å². The zero-order valence-corrected chi connectivity index (χ0v) is 30.8. The van der Waals surface area contributed by atoms with Crippen LogP contribution in [0, 0.1) is 0 Å². The number of Topliss-reactive ketones (excluding diaryl/α,β-unsaturated/α-hetero) is 2. The maximum Gasteiger partial charge on any atom is 0.473 e. The number of ketones is 2. The Kier molecular flexibility index (Phi) is 26.0. The van der Waals surface area contributed by atoms with Gasteiger partial charge in [0.15, 0.2) is 11.6 Å². The fourth-order valence-corrected chi connectivity index (χ4v) is 6.15. The minimum Gasteiger partial charge on any atom is -0.394 e. The lowest BCUT2D eigenvalue weighted by Gasteiger charge is -2.35. The van der Waals surface area contributed by atoms with E-state index in [4.69, 9.17) is 9.05 Å². The highest BCUT2D eigenvalue weighted by molar-refractivity contribution is 7.47. The Hall–Kier alpha value is -1.19. The van der Waals surface area contributed by atoms with Gasteiger partial charge in [0.1, 0.15) is 19.3 Å². The molecule has 0 aliphatic carbocycles. The van der Waals surface area contributed by atoms with Gasteiger partial charge in [-0.25, -0.2) is 4.57 Å². The molecule has 0 fully saturated rings. The third kappa shape index (κ3) is 21.6. The minimum absolute atomic E-state index is 0.121. The standard InChI is InChI=1S/C36H68NO8P/c1-6-8-10-12-14-16-18-20-22-24-26-28-33(39)36(35(41)32-38,45-46(42,43)44-31-30-37(3,4)5)34(40)29-27-25-23-21-19-17-15-13-11-9-7-2/h12-15,35,38,41H,6-11,16-32H2,1-5H3/p+1/b14-12-,15-13-/t35-/m0/s1. The second kappa shape index (κ2) is 26.7. The van der Waals surface area contributed by atoms with Crippen molar-refractivity contribution in [3.05, 3.63) is 24.3 Å². The first kappa shape index (κ1) is 44.8. The number of aliphatic hydroxyl groups is 2. The van der Waals surface area contributed by atoms with Crippen LogP contribution in [0.2, 0.25) is 0 Å². The number of aliphatic hydroxyl groups excluding tert-OH is 2. The van der Waals surface area contributed by atoms with Crippen LogP contribution in [0.1, 0.15) is 142 Å². The summed E-state index contributed by atoms with van der Waals surface area (Å²) in [5, 5.41) is 20.8. The van der Waals surface area contributed by atoms with E-state index < -0.39 is 37.7 Å². The zero-order chi connectivity index (χ0) is 34.7. The highest BCUT2D eigenvalue weighted by Gasteiger charge is 2.55. The molecule has 0 rings (SSSR count). The number of hydrogen-bond donors (Lipinski definition) is 3. The molecule has 0 saturated heterocycles. The average molecular weight is 675 g/mol. The Morgan fingerprint density at radius 1 is 0.717 bits per heavy atom. The highest BCUT2D eigenvalue weighted by atomic mass is 31.2. The maximum atomic E-state index is 13.7. The summed E-state index contributed by atoms with van der Waals surface area (Å²) >= 11 is 0. The second-order valence-corrected chi connectivity index (χ2v) is 14.9. The van der Waals surface area contributed by atoms with Crippen LogP contribution in [-0.4, -0.2) is 83.8 Å². The van der Waals surface area contributed by atoms with Crippen molar-refractivity contribution in [2.24, 2.45) is 0 Å². The summed E-state index contributed by atoms with van der Waals surface area (Å²) in [6, 6.07) is 0. The first-order valence-electron chi connectivity index (χ1n) is 18.0. The number of carbonyl (C=O) groups excluding carboxylic acids is 2. The van der Waals surface area contributed by atoms with E-state index in [-0.39, 0.29) is 19.4 Å². The van der Waals surface area contributed by atoms with Crippen molar-refractivity contribution in [3.8, 4) is 0 Å². The first-order valence-corrected chi connectivity index (χ1v) is 19.5. The lowest BCUT2D eigenvalue weighted by Crippen LogP contribution is -2.58. The molecule has 3 N–H and O–H groups in total. The number of unbranched alkanes of at least 4 members (excludes halogenated alkanes) is 14. The summed E-state index contributed by atoms with van der Waals surface area (Å²) in [6.45, 7) is 3.59.